The van der Waals surface area contributed by atoms with Gasteiger partial charge in [0, 0.05) is 13.3 Å². The number of carboxylic acid groups (broad SMARTS) is 1. The van der Waals surface area contributed by atoms with Gasteiger partial charge in [0.25, 0.3) is 0 Å². The minimum Gasteiger partial charge on any atom is -0.478 e. The van der Waals surface area contributed by atoms with E-state index in [4.69, 9.17) is 9.84 Å². The van der Waals surface area contributed by atoms with E-state index in [0.717, 1.165) is 0 Å². The fraction of sp³-hybridized carbons (Fsp3) is 0.222. The van der Waals surface area contributed by atoms with E-state index in [1.165, 1.54) is 6.07 Å². The van der Waals surface area contributed by atoms with Gasteiger partial charge in [-0.05, 0) is 12.1 Å². The van der Waals surface area contributed by atoms with Gasteiger partial charge in [0.1, 0.15) is 12.2 Å². The number of ether oxygens (including phenoxy) is 1. The van der Waals surface area contributed by atoms with Crippen LogP contribution in [0.5, 0.6) is 0 Å². The molecular formula is C9H9N3O3. The Morgan fingerprint density at radius 3 is 3.07 bits per heavy atom. The van der Waals surface area contributed by atoms with Gasteiger partial charge in [-0.3, -0.25) is 4.40 Å². The second-order valence-electron chi connectivity index (χ2n) is 2.97. The lowest BCUT2D eigenvalue weighted by molar-refractivity contribution is 0.0698. The summed E-state index contributed by atoms with van der Waals surface area (Å²) in [4.78, 5) is 10.9. The normalized spacial score (nSPS) is 10.7. The number of methoxy groups -OCH3 is 1. The summed E-state index contributed by atoms with van der Waals surface area (Å²) in [7, 11) is 1.54. The number of carbonyl (C=O) groups is 1. The Morgan fingerprint density at radius 2 is 2.40 bits per heavy atom. The molecule has 0 atom stereocenters. The van der Waals surface area contributed by atoms with Crippen LogP contribution in [-0.2, 0) is 11.3 Å². The maximum Gasteiger partial charge on any atom is 0.339 e. The average molecular weight is 207 g/mol. The highest BCUT2D eigenvalue weighted by atomic mass is 16.5. The molecular weight excluding hydrogens is 198 g/mol. The average Bonchev–Trinajstić information content (AvgIpc) is 2.62. The predicted octanol–water partition coefficient (Wildman–Crippen LogP) is 0.574. The zero-order valence-electron chi connectivity index (χ0n) is 8.04. The van der Waals surface area contributed by atoms with E-state index in [0.29, 0.717) is 18.1 Å². The molecule has 0 aliphatic heterocycles. The quantitative estimate of drug-likeness (QED) is 0.796. The second-order valence-corrected chi connectivity index (χ2v) is 2.97. The minimum atomic E-state index is -1.02. The molecule has 0 unspecified atom stereocenters. The summed E-state index contributed by atoms with van der Waals surface area (Å²) >= 11 is 0. The zero-order chi connectivity index (χ0) is 10.8. The van der Waals surface area contributed by atoms with Crippen LogP contribution in [0.15, 0.2) is 18.3 Å². The van der Waals surface area contributed by atoms with Crippen molar-refractivity contribution in [1.29, 1.82) is 0 Å². The monoisotopic (exact) mass is 207 g/mol. The first-order valence-corrected chi connectivity index (χ1v) is 4.29. The molecule has 0 spiro atoms. The van der Waals surface area contributed by atoms with Crippen LogP contribution < -0.4 is 0 Å². The Balaban J connectivity index is 2.63. The van der Waals surface area contributed by atoms with Crippen molar-refractivity contribution in [2.45, 2.75) is 6.61 Å². The Labute approximate surface area is 85.1 Å². The lowest BCUT2D eigenvalue weighted by Crippen LogP contribution is -2.02. The van der Waals surface area contributed by atoms with Crippen molar-refractivity contribution >= 4 is 11.6 Å². The highest BCUT2D eigenvalue weighted by Gasteiger charge is 2.13. The highest BCUT2D eigenvalue weighted by Crippen LogP contribution is 2.10. The van der Waals surface area contributed by atoms with E-state index in [9.17, 15) is 4.79 Å². The van der Waals surface area contributed by atoms with Crippen molar-refractivity contribution in [3.63, 3.8) is 0 Å². The molecule has 15 heavy (non-hydrogen) atoms. The van der Waals surface area contributed by atoms with Gasteiger partial charge in [-0.15, -0.1) is 10.2 Å². The number of hydrogen-bond acceptors (Lipinski definition) is 4. The summed E-state index contributed by atoms with van der Waals surface area (Å²) in [6, 6.07) is 3.13. The van der Waals surface area contributed by atoms with Gasteiger partial charge in [0.05, 0.1) is 0 Å². The largest absolute Gasteiger partial charge is 0.478 e. The van der Waals surface area contributed by atoms with Crippen molar-refractivity contribution in [3.8, 4) is 0 Å². The van der Waals surface area contributed by atoms with Crippen molar-refractivity contribution in [2.75, 3.05) is 7.11 Å². The Kier molecular flexibility index (Phi) is 2.34. The fourth-order valence-electron chi connectivity index (χ4n) is 1.36. The minimum absolute atomic E-state index is 0.132. The third-order valence-electron chi connectivity index (χ3n) is 2.01. The number of nitrogens with zero attached hydrogens (tertiary/aromatic N) is 3. The third-order valence-corrected chi connectivity index (χ3v) is 2.01. The molecule has 2 heterocycles. The molecule has 2 rings (SSSR count). The topological polar surface area (TPSA) is 76.7 Å². The van der Waals surface area contributed by atoms with Crippen LogP contribution in [0.1, 0.15) is 16.2 Å². The van der Waals surface area contributed by atoms with Crippen LogP contribution in [0.4, 0.5) is 0 Å². The summed E-state index contributed by atoms with van der Waals surface area (Å²) in [5, 5.41) is 16.6. The predicted molar refractivity (Wildman–Crippen MR) is 50.7 cm³/mol. The second kappa shape index (κ2) is 3.66. The number of hydrogen-bond donors (Lipinski definition) is 1. The number of rotatable bonds is 3. The molecule has 2 aromatic rings. The molecule has 78 valence electrons. The van der Waals surface area contributed by atoms with Crippen LogP contribution in [0.2, 0.25) is 0 Å². The number of fused-ring (bicyclic) bond motifs is 1. The van der Waals surface area contributed by atoms with Gasteiger partial charge in [-0.25, -0.2) is 4.79 Å². The number of aromatic carboxylic acids is 1. The maximum atomic E-state index is 10.9. The first-order valence-electron chi connectivity index (χ1n) is 4.29. The molecule has 1 N–H and O–H groups in total. The molecule has 0 saturated carbocycles. The first kappa shape index (κ1) is 9.60. The van der Waals surface area contributed by atoms with Crippen molar-refractivity contribution < 1.29 is 14.6 Å². The molecule has 0 saturated heterocycles. The van der Waals surface area contributed by atoms with E-state index < -0.39 is 5.97 Å². The Morgan fingerprint density at radius 1 is 1.60 bits per heavy atom. The van der Waals surface area contributed by atoms with Gasteiger partial charge in [-0.2, -0.15) is 0 Å². The summed E-state index contributed by atoms with van der Waals surface area (Å²) in [6.45, 7) is 0.296. The third kappa shape index (κ3) is 1.55. The van der Waals surface area contributed by atoms with Crippen LogP contribution in [0.3, 0.4) is 0 Å². The fourth-order valence-corrected chi connectivity index (χ4v) is 1.36. The SMILES string of the molecule is COCc1nnc2c(C(=O)O)cccn12. The highest BCUT2D eigenvalue weighted by molar-refractivity contribution is 5.94. The van der Waals surface area contributed by atoms with E-state index in [1.807, 2.05) is 0 Å². The van der Waals surface area contributed by atoms with Gasteiger partial charge in [0.2, 0.25) is 0 Å². The Bertz CT molecular complexity index is 506. The molecule has 6 heteroatoms. The zero-order valence-corrected chi connectivity index (χ0v) is 8.04. The molecule has 2 aromatic heterocycles. The van der Waals surface area contributed by atoms with E-state index >= 15 is 0 Å². The summed E-state index contributed by atoms with van der Waals surface area (Å²) in [5.41, 5.74) is 0.462. The van der Waals surface area contributed by atoms with E-state index in [-0.39, 0.29) is 5.56 Å². The molecule has 0 aliphatic rings. The maximum absolute atomic E-state index is 10.9. The molecule has 0 amide bonds. The number of pyridine rings is 1. The van der Waals surface area contributed by atoms with Gasteiger partial charge in [-0.1, -0.05) is 0 Å². The van der Waals surface area contributed by atoms with E-state index in [1.54, 1.807) is 23.8 Å². The standard InChI is InChI=1S/C9H9N3O3/c1-15-5-7-10-11-8-6(9(13)14)3-2-4-12(7)8/h2-4H,5H2,1H3,(H,13,14). The van der Waals surface area contributed by atoms with E-state index in [2.05, 4.69) is 10.2 Å². The van der Waals surface area contributed by atoms with Crippen LogP contribution in [0, 0.1) is 0 Å². The summed E-state index contributed by atoms with van der Waals surface area (Å²) in [6.07, 6.45) is 1.70. The Hall–Kier alpha value is -1.95. The van der Waals surface area contributed by atoms with Gasteiger partial charge >= 0.3 is 5.97 Å². The lowest BCUT2D eigenvalue weighted by Gasteiger charge is -1.99. The molecule has 6 nitrogen and oxygen atoms in total. The smallest absolute Gasteiger partial charge is 0.339 e. The number of carboxylic acids is 1. The lowest BCUT2D eigenvalue weighted by atomic mass is 10.3. The number of aromatic nitrogens is 3. The molecule has 0 aliphatic carbocycles. The molecule has 0 radical (unpaired) electrons. The molecule has 0 fully saturated rings. The van der Waals surface area contributed by atoms with Gasteiger partial charge < -0.3 is 9.84 Å². The van der Waals surface area contributed by atoms with Crippen molar-refractivity contribution in [3.05, 3.63) is 29.7 Å². The van der Waals surface area contributed by atoms with Crippen LogP contribution in [-0.4, -0.2) is 32.8 Å². The van der Waals surface area contributed by atoms with Crippen LogP contribution in [0.25, 0.3) is 5.65 Å². The first-order chi connectivity index (χ1) is 7.24. The molecule has 0 aromatic carbocycles. The van der Waals surface area contributed by atoms with Crippen molar-refractivity contribution in [2.24, 2.45) is 0 Å². The van der Waals surface area contributed by atoms with Crippen LogP contribution >= 0.6 is 0 Å². The summed E-state index contributed by atoms with van der Waals surface area (Å²) < 4.78 is 6.53. The summed E-state index contributed by atoms with van der Waals surface area (Å²) in [5.74, 6) is -0.437. The molecule has 0 bridgehead atoms. The van der Waals surface area contributed by atoms with Crippen molar-refractivity contribution in [1.82, 2.24) is 14.6 Å². The van der Waals surface area contributed by atoms with Gasteiger partial charge in [0.15, 0.2) is 11.5 Å².